The molecule has 10 rings (SSSR count). The van der Waals surface area contributed by atoms with Gasteiger partial charge in [-0.3, -0.25) is 0 Å². The summed E-state index contributed by atoms with van der Waals surface area (Å²) in [6.45, 7) is 0. The largest absolute Gasteiger partial charge is 0.0888 e. The molecular weight excluding hydrogens is 525 g/mol. The number of fused-ring (bicyclic) bond motifs is 12. The molecule has 0 unspecified atom stereocenters. The molecule has 7 aromatic rings. The van der Waals surface area contributed by atoms with Gasteiger partial charge in [0.15, 0.2) is 0 Å². The van der Waals surface area contributed by atoms with Gasteiger partial charge in [-0.15, -0.1) is 0 Å². The van der Waals surface area contributed by atoms with Crippen molar-refractivity contribution in [1.82, 2.24) is 0 Å². The van der Waals surface area contributed by atoms with E-state index in [-0.39, 0.29) is 5.41 Å². The van der Waals surface area contributed by atoms with Crippen LogP contribution >= 0.6 is 11.8 Å². The summed E-state index contributed by atoms with van der Waals surface area (Å²) in [4.78, 5) is 2.67. The van der Waals surface area contributed by atoms with E-state index < -0.39 is 0 Å². The lowest BCUT2D eigenvalue weighted by atomic mass is 9.68. The van der Waals surface area contributed by atoms with Gasteiger partial charge in [0.25, 0.3) is 0 Å². The van der Waals surface area contributed by atoms with Crippen molar-refractivity contribution in [2.75, 3.05) is 0 Å². The lowest BCUT2D eigenvalue weighted by Gasteiger charge is -2.32. The van der Waals surface area contributed by atoms with Gasteiger partial charge in [0.1, 0.15) is 0 Å². The van der Waals surface area contributed by atoms with E-state index in [2.05, 4.69) is 146 Å². The van der Waals surface area contributed by atoms with E-state index in [1.807, 2.05) is 11.8 Å². The van der Waals surface area contributed by atoms with E-state index in [0.717, 1.165) is 0 Å². The van der Waals surface area contributed by atoms with Crippen molar-refractivity contribution in [1.29, 1.82) is 0 Å². The fourth-order valence-electron chi connectivity index (χ4n) is 8.14. The van der Waals surface area contributed by atoms with Crippen LogP contribution in [0, 0.1) is 0 Å². The van der Waals surface area contributed by atoms with Crippen LogP contribution in [0.15, 0.2) is 155 Å². The minimum Gasteiger partial charge on any atom is -0.0888 e. The molecule has 2 aliphatic carbocycles. The summed E-state index contributed by atoms with van der Waals surface area (Å²) < 4.78 is 0. The van der Waals surface area contributed by atoms with Gasteiger partial charge >= 0.3 is 0 Å². The van der Waals surface area contributed by atoms with Crippen molar-refractivity contribution in [3.05, 3.63) is 168 Å². The Hall–Kier alpha value is -4.85. The number of rotatable bonds is 1. The summed E-state index contributed by atoms with van der Waals surface area (Å²) in [6.07, 6.45) is 0. The Morgan fingerprint density at radius 3 is 1.62 bits per heavy atom. The lowest BCUT2D eigenvalue weighted by Crippen LogP contribution is -2.26. The Bertz CT molecular complexity index is 2230. The second-order valence-electron chi connectivity index (χ2n) is 11.6. The molecule has 1 aliphatic heterocycles. The second-order valence-corrected chi connectivity index (χ2v) is 12.7. The van der Waals surface area contributed by atoms with Crippen LogP contribution in [-0.2, 0) is 5.41 Å². The van der Waals surface area contributed by atoms with Gasteiger partial charge < -0.3 is 0 Å². The molecule has 0 atom stereocenters. The average molecular weight is 549 g/mol. The smallest absolute Gasteiger partial charge is 0.0731 e. The predicted molar refractivity (Wildman–Crippen MR) is 175 cm³/mol. The van der Waals surface area contributed by atoms with Crippen molar-refractivity contribution in [3.63, 3.8) is 0 Å². The summed E-state index contributed by atoms with van der Waals surface area (Å²) >= 11 is 1.91. The number of benzene rings is 7. The quantitative estimate of drug-likeness (QED) is 0.197. The van der Waals surface area contributed by atoms with E-state index in [0.29, 0.717) is 0 Å². The first-order valence-corrected chi connectivity index (χ1v) is 15.4. The maximum atomic E-state index is 2.45. The zero-order valence-electron chi connectivity index (χ0n) is 22.8. The Morgan fingerprint density at radius 2 is 0.905 bits per heavy atom. The maximum absolute atomic E-state index is 2.45. The molecule has 7 aromatic carbocycles. The molecule has 0 N–H and O–H groups in total. The van der Waals surface area contributed by atoms with Crippen LogP contribution in [0.2, 0.25) is 0 Å². The standard InChI is InChI=1S/C41H24S/c1-5-19-34-28(12-1)29-13-2-6-20-35(29)41(34)36-21-7-3-14-30(36)33-18-10-16-27(40(33)41)26-23-25-11-9-17-32-31-15-4-8-22-37(31)42-38(24-26)39(25)32/h1-24H. The number of hydrogen-bond donors (Lipinski definition) is 0. The molecule has 3 aliphatic rings. The fourth-order valence-corrected chi connectivity index (χ4v) is 9.33. The SMILES string of the molecule is c1ccc2c(c1)Sc1cc(-c3cccc4c3C3(c5ccccc5-c5ccccc53)c3ccccc3-4)cc3cccc-2c13. The molecule has 0 aromatic heterocycles. The van der Waals surface area contributed by atoms with Crippen molar-refractivity contribution in [2.45, 2.75) is 15.2 Å². The Labute approximate surface area is 249 Å². The Kier molecular flexibility index (Phi) is 4.41. The summed E-state index contributed by atoms with van der Waals surface area (Å²) in [6, 6.07) is 54.6. The lowest BCUT2D eigenvalue weighted by molar-refractivity contribution is 0.795. The predicted octanol–water partition coefficient (Wildman–Crippen LogP) is 11.0. The fraction of sp³-hybridized carbons (Fsp3) is 0.0244. The van der Waals surface area contributed by atoms with Crippen LogP contribution in [0.3, 0.4) is 0 Å². The normalized spacial score (nSPS) is 14.3. The molecule has 0 amide bonds. The molecule has 0 radical (unpaired) electrons. The van der Waals surface area contributed by atoms with Crippen molar-refractivity contribution >= 4 is 22.5 Å². The zero-order valence-corrected chi connectivity index (χ0v) is 23.6. The van der Waals surface area contributed by atoms with Crippen LogP contribution in [0.4, 0.5) is 0 Å². The van der Waals surface area contributed by atoms with Gasteiger partial charge in [-0.05, 0) is 90.3 Å². The highest BCUT2D eigenvalue weighted by Crippen LogP contribution is 2.64. The highest BCUT2D eigenvalue weighted by molar-refractivity contribution is 7.99. The van der Waals surface area contributed by atoms with E-state index in [9.17, 15) is 0 Å². The maximum Gasteiger partial charge on any atom is 0.0731 e. The van der Waals surface area contributed by atoms with Crippen LogP contribution in [0.25, 0.3) is 55.3 Å². The minimum atomic E-state index is -0.358. The second kappa shape index (κ2) is 8.12. The van der Waals surface area contributed by atoms with Crippen LogP contribution in [0.5, 0.6) is 0 Å². The third-order valence-corrected chi connectivity index (χ3v) is 10.8. The molecule has 1 heterocycles. The molecule has 194 valence electrons. The van der Waals surface area contributed by atoms with Crippen LogP contribution in [0.1, 0.15) is 22.3 Å². The third kappa shape index (κ3) is 2.70. The van der Waals surface area contributed by atoms with Gasteiger partial charge in [-0.25, -0.2) is 0 Å². The summed E-state index contributed by atoms with van der Waals surface area (Å²) in [5.74, 6) is 0. The van der Waals surface area contributed by atoms with Crippen molar-refractivity contribution < 1.29 is 0 Å². The number of hydrogen-bond acceptors (Lipinski definition) is 1. The van der Waals surface area contributed by atoms with Crippen LogP contribution < -0.4 is 0 Å². The minimum absolute atomic E-state index is 0.358. The molecule has 0 saturated carbocycles. The zero-order chi connectivity index (χ0) is 27.4. The first-order chi connectivity index (χ1) is 20.8. The molecule has 0 fully saturated rings. The van der Waals surface area contributed by atoms with E-state index in [1.165, 1.54) is 87.3 Å². The molecule has 42 heavy (non-hydrogen) atoms. The van der Waals surface area contributed by atoms with Gasteiger partial charge in [-0.2, -0.15) is 0 Å². The first kappa shape index (κ1) is 22.8. The highest BCUT2D eigenvalue weighted by atomic mass is 32.2. The van der Waals surface area contributed by atoms with Gasteiger partial charge in [0.05, 0.1) is 5.41 Å². The molecule has 1 spiro atoms. The molecule has 1 heteroatoms. The van der Waals surface area contributed by atoms with Crippen molar-refractivity contribution in [3.8, 4) is 44.5 Å². The Balaban J connectivity index is 1.32. The summed E-state index contributed by atoms with van der Waals surface area (Å²) in [5.41, 5.74) is 15.9. The third-order valence-electron chi connectivity index (χ3n) is 9.66. The molecular formula is C41H24S. The van der Waals surface area contributed by atoms with E-state index in [1.54, 1.807) is 0 Å². The van der Waals surface area contributed by atoms with Gasteiger partial charge in [-0.1, -0.05) is 139 Å². The average Bonchev–Trinajstić information content (AvgIpc) is 3.52. The molecule has 0 saturated heterocycles. The van der Waals surface area contributed by atoms with E-state index >= 15 is 0 Å². The molecule has 0 nitrogen and oxygen atoms in total. The summed E-state index contributed by atoms with van der Waals surface area (Å²) in [7, 11) is 0. The van der Waals surface area contributed by atoms with Crippen LogP contribution in [-0.4, -0.2) is 0 Å². The monoisotopic (exact) mass is 548 g/mol. The summed E-state index contributed by atoms with van der Waals surface area (Å²) in [5, 5.41) is 2.67. The topological polar surface area (TPSA) is 0 Å². The van der Waals surface area contributed by atoms with E-state index in [4.69, 9.17) is 0 Å². The molecule has 0 bridgehead atoms. The highest BCUT2D eigenvalue weighted by Gasteiger charge is 2.52. The van der Waals surface area contributed by atoms with Crippen molar-refractivity contribution in [2.24, 2.45) is 0 Å². The van der Waals surface area contributed by atoms with Gasteiger partial charge in [0, 0.05) is 15.2 Å². The Morgan fingerprint density at radius 1 is 0.381 bits per heavy atom. The van der Waals surface area contributed by atoms with Gasteiger partial charge in [0.2, 0.25) is 0 Å². The first-order valence-electron chi connectivity index (χ1n) is 14.6.